The highest BCUT2D eigenvalue weighted by atomic mass is 79.9. The van der Waals surface area contributed by atoms with Gasteiger partial charge in [-0.2, -0.15) is 0 Å². The Labute approximate surface area is 124 Å². The molecule has 1 aromatic rings. The van der Waals surface area contributed by atoms with Crippen molar-refractivity contribution in [3.8, 4) is 0 Å². The van der Waals surface area contributed by atoms with E-state index in [9.17, 15) is 4.79 Å². The Hall–Kier alpha value is -0.670. The number of benzene rings is 1. The molecule has 1 aliphatic rings. The fraction of sp³-hybridized carbons (Fsp3) is 0.562. The van der Waals surface area contributed by atoms with Crippen LogP contribution in [0.5, 0.6) is 0 Å². The van der Waals surface area contributed by atoms with Gasteiger partial charge in [-0.1, -0.05) is 47.3 Å². The lowest BCUT2D eigenvalue weighted by atomic mass is 9.75. The summed E-state index contributed by atoms with van der Waals surface area (Å²) < 4.78 is 1.11. The van der Waals surface area contributed by atoms with E-state index in [2.05, 4.69) is 52.1 Å². The van der Waals surface area contributed by atoms with Crippen molar-refractivity contribution in [1.29, 1.82) is 0 Å². The van der Waals surface area contributed by atoms with Crippen molar-refractivity contribution in [3.05, 3.63) is 34.3 Å². The Bertz CT molecular complexity index is 409. The van der Waals surface area contributed by atoms with Crippen molar-refractivity contribution in [2.45, 2.75) is 38.6 Å². The molecule has 0 bridgehead atoms. The standard InChI is InChI=1S/C16H22BrNO/c1-18(11-14-5-7-15(17)8-6-14)12-16(13-19)9-3-2-4-10-16/h5-8,13H,2-4,9-12H2,1H3. The van der Waals surface area contributed by atoms with Crippen LogP contribution in [-0.4, -0.2) is 24.8 Å². The van der Waals surface area contributed by atoms with Gasteiger partial charge >= 0.3 is 0 Å². The molecule has 0 atom stereocenters. The Balaban J connectivity index is 1.94. The quantitative estimate of drug-likeness (QED) is 0.762. The molecule has 0 aliphatic heterocycles. The van der Waals surface area contributed by atoms with Crippen LogP contribution in [-0.2, 0) is 11.3 Å². The minimum Gasteiger partial charge on any atom is -0.303 e. The lowest BCUT2D eigenvalue weighted by Crippen LogP contribution is -2.38. The van der Waals surface area contributed by atoms with Gasteiger partial charge in [0.1, 0.15) is 6.29 Å². The number of nitrogens with zero attached hydrogens (tertiary/aromatic N) is 1. The number of hydrogen-bond acceptors (Lipinski definition) is 2. The van der Waals surface area contributed by atoms with Gasteiger partial charge in [0, 0.05) is 23.0 Å². The highest BCUT2D eigenvalue weighted by Gasteiger charge is 2.32. The van der Waals surface area contributed by atoms with Gasteiger partial charge in [-0.3, -0.25) is 0 Å². The third-order valence-electron chi connectivity index (χ3n) is 4.05. The van der Waals surface area contributed by atoms with Gasteiger partial charge < -0.3 is 9.69 Å². The first kappa shape index (κ1) is 14.7. The van der Waals surface area contributed by atoms with Gasteiger partial charge in [-0.15, -0.1) is 0 Å². The maximum absolute atomic E-state index is 11.5. The lowest BCUT2D eigenvalue weighted by molar-refractivity contribution is -0.119. The molecule has 0 heterocycles. The predicted octanol–water partition coefficient (Wildman–Crippen LogP) is 4.03. The second kappa shape index (κ2) is 6.67. The SMILES string of the molecule is CN(Cc1ccc(Br)cc1)CC1(C=O)CCCCC1. The number of rotatable bonds is 5. The number of halogens is 1. The molecule has 0 amide bonds. The largest absolute Gasteiger partial charge is 0.303 e. The number of hydrogen-bond donors (Lipinski definition) is 0. The highest BCUT2D eigenvalue weighted by molar-refractivity contribution is 9.10. The van der Waals surface area contributed by atoms with Crippen molar-refractivity contribution in [2.75, 3.05) is 13.6 Å². The zero-order chi connectivity index (χ0) is 13.7. The van der Waals surface area contributed by atoms with Gasteiger partial charge in [0.15, 0.2) is 0 Å². The highest BCUT2D eigenvalue weighted by Crippen LogP contribution is 2.35. The average molecular weight is 324 g/mol. The molecule has 1 aromatic carbocycles. The smallest absolute Gasteiger partial charge is 0.127 e. The number of carbonyl (C=O) groups is 1. The third kappa shape index (κ3) is 4.15. The molecule has 0 unspecified atom stereocenters. The summed E-state index contributed by atoms with van der Waals surface area (Å²) in [7, 11) is 2.11. The molecule has 0 N–H and O–H groups in total. The number of aldehydes is 1. The summed E-state index contributed by atoms with van der Waals surface area (Å²) in [6.07, 6.45) is 7.01. The van der Waals surface area contributed by atoms with Gasteiger partial charge in [0.05, 0.1) is 0 Å². The van der Waals surface area contributed by atoms with E-state index in [4.69, 9.17) is 0 Å². The van der Waals surface area contributed by atoms with Crippen LogP contribution in [0.4, 0.5) is 0 Å². The van der Waals surface area contributed by atoms with Crippen LogP contribution in [0.2, 0.25) is 0 Å². The molecule has 2 rings (SSSR count). The van der Waals surface area contributed by atoms with Crippen molar-refractivity contribution >= 4 is 22.2 Å². The molecule has 3 heteroatoms. The van der Waals surface area contributed by atoms with Crippen LogP contribution in [0.1, 0.15) is 37.7 Å². The Kier molecular flexibility index (Phi) is 5.17. The monoisotopic (exact) mass is 323 g/mol. The molecule has 104 valence electrons. The summed E-state index contributed by atoms with van der Waals surface area (Å²) in [6, 6.07) is 8.41. The minimum atomic E-state index is -0.0949. The second-order valence-electron chi connectivity index (χ2n) is 5.84. The van der Waals surface area contributed by atoms with E-state index in [1.165, 1.54) is 31.1 Å². The molecule has 0 radical (unpaired) electrons. The summed E-state index contributed by atoms with van der Waals surface area (Å²) >= 11 is 3.45. The topological polar surface area (TPSA) is 20.3 Å². The van der Waals surface area contributed by atoms with Crippen LogP contribution < -0.4 is 0 Å². The maximum Gasteiger partial charge on any atom is 0.127 e. The van der Waals surface area contributed by atoms with Crippen LogP contribution in [0.3, 0.4) is 0 Å². The van der Waals surface area contributed by atoms with Crippen LogP contribution >= 0.6 is 15.9 Å². The molecular formula is C16H22BrNO. The Morgan fingerprint density at radius 2 is 1.84 bits per heavy atom. The van der Waals surface area contributed by atoms with Gasteiger partial charge in [-0.25, -0.2) is 0 Å². The van der Waals surface area contributed by atoms with E-state index < -0.39 is 0 Å². The summed E-state index contributed by atoms with van der Waals surface area (Å²) in [6.45, 7) is 1.79. The van der Waals surface area contributed by atoms with Gasteiger partial charge in [-0.05, 0) is 37.6 Å². The molecule has 19 heavy (non-hydrogen) atoms. The maximum atomic E-state index is 11.5. The Morgan fingerprint density at radius 1 is 1.21 bits per heavy atom. The van der Waals surface area contributed by atoms with E-state index in [1.54, 1.807) is 0 Å². The fourth-order valence-corrected chi connectivity index (χ4v) is 3.33. The summed E-state index contributed by atoms with van der Waals surface area (Å²) in [5.41, 5.74) is 1.20. The van der Waals surface area contributed by atoms with E-state index in [-0.39, 0.29) is 5.41 Å². The van der Waals surface area contributed by atoms with Crippen LogP contribution in [0.25, 0.3) is 0 Å². The summed E-state index contributed by atoms with van der Waals surface area (Å²) in [4.78, 5) is 13.8. The predicted molar refractivity (Wildman–Crippen MR) is 82.1 cm³/mol. The fourth-order valence-electron chi connectivity index (χ4n) is 3.06. The third-order valence-corrected chi connectivity index (χ3v) is 4.58. The minimum absolute atomic E-state index is 0.0949. The normalized spacial score (nSPS) is 18.5. The molecule has 2 nitrogen and oxygen atoms in total. The first-order chi connectivity index (χ1) is 9.13. The summed E-state index contributed by atoms with van der Waals surface area (Å²) in [5, 5.41) is 0. The lowest BCUT2D eigenvalue weighted by Gasteiger charge is -2.35. The zero-order valence-electron chi connectivity index (χ0n) is 11.6. The Morgan fingerprint density at radius 3 is 2.42 bits per heavy atom. The van der Waals surface area contributed by atoms with Crippen molar-refractivity contribution in [2.24, 2.45) is 5.41 Å². The van der Waals surface area contributed by atoms with E-state index >= 15 is 0 Å². The molecule has 1 aliphatic carbocycles. The first-order valence-corrected chi connectivity index (χ1v) is 7.82. The second-order valence-corrected chi connectivity index (χ2v) is 6.76. The molecule has 1 saturated carbocycles. The number of carbonyl (C=O) groups excluding carboxylic acids is 1. The van der Waals surface area contributed by atoms with Crippen molar-refractivity contribution in [1.82, 2.24) is 4.90 Å². The average Bonchev–Trinajstić information content (AvgIpc) is 2.42. The van der Waals surface area contributed by atoms with Crippen LogP contribution in [0, 0.1) is 5.41 Å². The van der Waals surface area contributed by atoms with Gasteiger partial charge in [0.25, 0.3) is 0 Å². The summed E-state index contributed by atoms with van der Waals surface area (Å²) in [5.74, 6) is 0. The van der Waals surface area contributed by atoms with Crippen molar-refractivity contribution < 1.29 is 4.79 Å². The van der Waals surface area contributed by atoms with E-state index in [0.717, 1.165) is 30.4 Å². The van der Waals surface area contributed by atoms with Crippen LogP contribution in [0.15, 0.2) is 28.7 Å². The molecule has 1 fully saturated rings. The zero-order valence-corrected chi connectivity index (χ0v) is 13.2. The molecule has 0 saturated heterocycles. The van der Waals surface area contributed by atoms with Crippen molar-refractivity contribution in [3.63, 3.8) is 0 Å². The molecule has 0 spiro atoms. The molecular weight excluding hydrogens is 302 g/mol. The van der Waals surface area contributed by atoms with E-state index in [0.29, 0.717) is 0 Å². The van der Waals surface area contributed by atoms with E-state index in [1.807, 2.05) is 0 Å². The first-order valence-electron chi connectivity index (χ1n) is 7.03. The molecule has 0 aromatic heterocycles. The van der Waals surface area contributed by atoms with Gasteiger partial charge in [0.2, 0.25) is 0 Å².